The Bertz CT molecular complexity index is 665. The Balaban J connectivity index is 2.23. The van der Waals surface area contributed by atoms with Gasteiger partial charge in [-0.1, -0.05) is 32.6 Å². The zero-order valence-corrected chi connectivity index (χ0v) is 16.3. The third-order valence-corrected chi connectivity index (χ3v) is 4.20. The molecule has 1 aromatic carbocycles. The van der Waals surface area contributed by atoms with Crippen LogP contribution in [0.25, 0.3) is 0 Å². The van der Waals surface area contributed by atoms with E-state index in [9.17, 15) is 31.5 Å². The summed E-state index contributed by atoms with van der Waals surface area (Å²) >= 11 is 0. The fourth-order valence-corrected chi connectivity index (χ4v) is 2.50. The summed E-state index contributed by atoms with van der Waals surface area (Å²) < 4.78 is 75.7. The van der Waals surface area contributed by atoms with Crippen LogP contribution in [0.2, 0.25) is 0 Å². The summed E-state index contributed by atoms with van der Waals surface area (Å²) in [6, 6.07) is 0. The minimum atomic E-state index is -2.27. The van der Waals surface area contributed by atoms with Gasteiger partial charge < -0.3 is 9.47 Å². The van der Waals surface area contributed by atoms with Crippen LogP contribution in [0, 0.1) is 29.1 Å². The Kier molecular flexibility index (Phi) is 11.2. The maximum atomic E-state index is 13.5. The van der Waals surface area contributed by atoms with Gasteiger partial charge in [0.25, 0.3) is 0 Å². The highest BCUT2D eigenvalue weighted by Crippen LogP contribution is 2.23. The molecule has 29 heavy (non-hydrogen) atoms. The van der Waals surface area contributed by atoms with Crippen LogP contribution >= 0.6 is 0 Å². The van der Waals surface area contributed by atoms with Crippen LogP contribution in [-0.4, -0.2) is 18.5 Å². The number of ether oxygens (including phenoxy) is 2. The predicted octanol–water partition coefficient (Wildman–Crippen LogP) is 5.50. The largest absolute Gasteiger partial charge is 0.466 e. The van der Waals surface area contributed by atoms with Gasteiger partial charge in [0.2, 0.25) is 5.82 Å². The second-order valence-electron chi connectivity index (χ2n) is 6.55. The Labute approximate surface area is 166 Å². The molecule has 0 unspecified atom stereocenters. The summed E-state index contributed by atoms with van der Waals surface area (Å²) in [6.45, 7) is 1.42. The van der Waals surface area contributed by atoms with Crippen LogP contribution in [0.5, 0.6) is 0 Å². The van der Waals surface area contributed by atoms with Gasteiger partial charge in [-0.15, -0.1) is 0 Å². The molecule has 0 aliphatic carbocycles. The molecule has 0 N–H and O–H groups in total. The van der Waals surface area contributed by atoms with E-state index in [-0.39, 0.29) is 18.8 Å². The van der Waals surface area contributed by atoms with Crippen molar-refractivity contribution in [2.75, 3.05) is 6.61 Å². The third kappa shape index (κ3) is 8.37. The molecule has 0 radical (unpaired) electrons. The molecule has 1 rings (SSSR count). The molecule has 0 bridgehead atoms. The molecule has 4 nitrogen and oxygen atoms in total. The average molecular weight is 424 g/mol. The van der Waals surface area contributed by atoms with Crippen LogP contribution in [-0.2, 0) is 25.7 Å². The smallest absolute Gasteiger partial charge is 0.306 e. The lowest BCUT2D eigenvalue weighted by molar-refractivity contribution is -0.145. The van der Waals surface area contributed by atoms with Crippen molar-refractivity contribution in [3.05, 3.63) is 34.6 Å². The average Bonchev–Trinajstić information content (AvgIpc) is 2.70. The summed E-state index contributed by atoms with van der Waals surface area (Å²) in [7, 11) is 0. The number of hydrogen-bond donors (Lipinski definition) is 0. The van der Waals surface area contributed by atoms with Crippen LogP contribution in [0.3, 0.4) is 0 Å². The Hall–Kier alpha value is -2.19. The van der Waals surface area contributed by atoms with Crippen LogP contribution in [0.1, 0.15) is 70.3 Å². The van der Waals surface area contributed by atoms with Gasteiger partial charge in [-0.05, 0) is 19.3 Å². The topological polar surface area (TPSA) is 52.6 Å². The van der Waals surface area contributed by atoms with Gasteiger partial charge in [0.05, 0.1) is 12.2 Å². The van der Waals surface area contributed by atoms with Gasteiger partial charge in [-0.2, -0.15) is 0 Å². The minimum Gasteiger partial charge on any atom is -0.466 e. The first kappa shape index (κ1) is 24.8. The predicted molar refractivity (Wildman–Crippen MR) is 94.2 cm³/mol. The number of halogens is 5. The van der Waals surface area contributed by atoms with Gasteiger partial charge in [-0.25, -0.2) is 22.0 Å². The van der Waals surface area contributed by atoms with E-state index in [0.29, 0.717) is 25.9 Å². The molecule has 0 amide bonds. The summed E-state index contributed by atoms with van der Waals surface area (Å²) in [5.74, 6) is -11.7. The van der Waals surface area contributed by atoms with E-state index in [4.69, 9.17) is 4.74 Å². The van der Waals surface area contributed by atoms with Crippen molar-refractivity contribution < 1.29 is 41.0 Å². The first-order valence-electron chi connectivity index (χ1n) is 9.61. The highest BCUT2D eigenvalue weighted by molar-refractivity contribution is 5.70. The maximum Gasteiger partial charge on any atom is 0.306 e. The number of hydrogen-bond acceptors (Lipinski definition) is 4. The molecule has 0 saturated heterocycles. The molecule has 0 aromatic heterocycles. The Morgan fingerprint density at radius 3 is 1.69 bits per heavy atom. The van der Waals surface area contributed by atoms with Crippen molar-refractivity contribution in [3.8, 4) is 0 Å². The maximum absolute atomic E-state index is 13.5. The van der Waals surface area contributed by atoms with Crippen LogP contribution < -0.4 is 0 Å². The van der Waals surface area contributed by atoms with Gasteiger partial charge in [-0.3, -0.25) is 9.59 Å². The number of benzene rings is 1. The van der Waals surface area contributed by atoms with Gasteiger partial charge in [0.1, 0.15) is 6.61 Å². The van der Waals surface area contributed by atoms with E-state index in [1.807, 2.05) is 0 Å². The Morgan fingerprint density at radius 2 is 1.14 bits per heavy atom. The molecule has 0 heterocycles. The SMILES string of the molecule is CCCCCCOC(=O)CCCCCC(=O)OCc1c(F)c(F)c(F)c(F)c1F. The third-order valence-electron chi connectivity index (χ3n) is 4.20. The van der Waals surface area contributed by atoms with Gasteiger partial charge >= 0.3 is 11.9 Å². The fourth-order valence-electron chi connectivity index (χ4n) is 2.50. The minimum absolute atomic E-state index is 0.110. The van der Waals surface area contributed by atoms with E-state index in [1.54, 1.807) is 0 Å². The molecule has 164 valence electrons. The van der Waals surface area contributed by atoms with Crippen molar-refractivity contribution in [1.29, 1.82) is 0 Å². The molecule has 0 aliphatic heterocycles. The molecule has 0 aliphatic rings. The summed E-state index contributed by atoms with van der Waals surface area (Å²) in [5, 5.41) is 0. The first-order chi connectivity index (χ1) is 13.8. The number of carbonyl (C=O) groups excluding carboxylic acids is 2. The lowest BCUT2D eigenvalue weighted by Crippen LogP contribution is -2.11. The van der Waals surface area contributed by atoms with Gasteiger partial charge in [0, 0.05) is 12.8 Å². The molecule has 1 aromatic rings. The summed E-state index contributed by atoms with van der Waals surface area (Å²) in [6.07, 6.45) is 5.50. The zero-order valence-electron chi connectivity index (χ0n) is 16.3. The highest BCUT2D eigenvalue weighted by Gasteiger charge is 2.26. The molecule has 0 spiro atoms. The summed E-state index contributed by atoms with van der Waals surface area (Å²) in [5.41, 5.74) is -1.20. The van der Waals surface area contributed by atoms with Gasteiger partial charge in [0.15, 0.2) is 23.3 Å². The number of unbranched alkanes of at least 4 members (excludes halogenated alkanes) is 5. The van der Waals surface area contributed by atoms with E-state index >= 15 is 0 Å². The summed E-state index contributed by atoms with van der Waals surface area (Å²) in [4.78, 5) is 23.1. The lowest BCUT2D eigenvalue weighted by atomic mass is 10.1. The monoisotopic (exact) mass is 424 g/mol. The van der Waals surface area contributed by atoms with E-state index < -0.39 is 47.2 Å². The molecule has 0 atom stereocenters. The second-order valence-corrected chi connectivity index (χ2v) is 6.55. The first-order valence-corrected chi connectivity index (χ1v) is 9.61. The van der Waals surface area contributed by atoms with Crippen molar-refractivity contribution in [3.63, 3.8) is 0 Å². The van der Waals surface area contributed by atoms with Crippen LogP contribution in [0.15, 0.2) is 0 Å². The lowest BCUT2D eigenvalue weighted by Gasteiger charge is -2.09. The molecule has 9 heteroatoms. The quantitative estimate of drug-likeness (QED) is 0.138. The van der Waals surface area contributed by atoms with Crippen molar-refractivity contribution in [1.82, 2.24) is 0 Å². The number of rotatable bonds is 13. The van der Waals surface area contributed by atoms with Crippen LogP contribution in [0.4, 0.5) is 22.0 Å². The second kappa shape index (κ2) is 13.1. The molecular formula is C20H25F5O4. The van der Waals surface area contributed by atoms with E-state index in [1.165, 1.54) is 0 Å². The zero-order chi connectivity index (χ0) is 21.8. The standard InChI is InChI=1S/C20H25F5O4/c1-2-3-4-8-11-28-14(26)9-6-5-7-10-15(27)29-12-13-16(21)18(23)20(25)19(24)17(13)22/h2-12H2,1H3. The van der Waals surface area contributed by atoms with Crippen molar-refractivity contribution in [2.24, 2.45) is 0 Å². The van der Waals surface area contributed by atoms with E-state index in [0.717, 1.165) is 25.7 Å². The fraction of sp³-hybridized carbons (Fsp3) is 0.600. The molecule has 0 saturated carbocycles. The highest BCUT2D eigenvalue weighted by atomic mass is 19.2. The molecular weight excluding hydrogens is 399 g/mol. The number of esters is 2. The van der Waals surface area contributed by atoms with Crippen molar-refractivity contribution >= 4 is 11.9 Å². The molecule has 0 fully saturated rings. The normalized spacial score (nSPS) is 10.8. The Morgan fingerprint density at radius 1 is 0.655 bits per heavy atom. The number of carbonyl (C=O) groups is 2. The van der Waals surface area contributed by atoms with E-state index in [2.05, 4.69) is 11.7 Å². The van der Waals surface area contributed by atoms with Crippen molar-refractivity contribution in [2.45, 2.75) is 71.3 Å².